The maximum absolute atomic E-state index is 12.5. The van der Waals surface area contributed by atoms with Gasteiger partial charge in [-0.15, -0.1) is 11.3 Å². The molecule has 0 fully saturated rings. The van der Waals surface area contributed by atoms with E-state index in [9.17, 15) is 8.42 Å². The Hall–Kier alpha value is -0.640. The fourth-order valence-electron chi connectivity index (χ4n) is 2.24. The summed E-state index contributed by atoms with van der Waals surface area (Å²) in [6.07, 6.45) is 2.99. The van der Waals surface area contributed by atoms with Gasteiger partial charge in [-0.2, -0.15) is 0 Å². The lowest BCUT2D eigenvalue weighted by atomic mass is 10.3. The van der Waals surface area contributed by atoms with Crippen molar-refractivity contribution in [3.63, 3.8) is 0 Å². The van der Waals surface area contributed by atoms with E-state index >= 15 is 0 Å². The Morgan fingerprint density at radius 2 is 1.90 bits per heavy atom. The molecule has 0 unspecified atom stereocenters. The van der Waals surface area contributed by atoms with Crippen molar-refractivity contribution in [1.82, 2.24) is 4.98 Å². The lowest BCUT2D eigenvalue weighted by Gasteiger charge is -2.10. The fourth-order valence-corrected chi connectivity index (χ4v) is 7.14. The second-order valence-corrected chi connectivity index (χ2v) is 9.07. The van der Waals surface area contributed by atoms with Crippen LogP contribution < -0.4 is 10.5 Å². The molecule has 112 valence electrons. The number of nitrogens with zero attached hydrogens (tertiary/aromatic N) is 1. The van der Waals surface area contributed by atoms with E-state index in [1.807, 2.05) is 0 Å². The van der Waals surface area contributed by atoms with E-state index in [0.29, 0.717) is 19.8 Å². The number of hydrogen-bond acceptors (Lipinski definition) is 5. The molecule has 0 radical (unpaired) electrons. The summed E-state index contributed by atoms with van der Waals surface area (Å²) in [5, 5.41) is 0.412. The van der Waals surface area contributed by atoms with Crippen molar-refractivity contribution < 1.29 is 8.42 Å². The van der Waals surface area contributed by atoms with E-state index in [4.69, 9.17) is 5.73 Å². The summed E-state index contributed by atoms with van der Waals surface area (Å²) in [6.45, 7) is 0. The molecular formula is C12H11Br2N3O2S2. The SMILES string of the molecule is Nc1cc(Br)c(S(=O)(=O)Nc2nc3c(s2)CCC3)c(Br)c1. The van der Waals surface area contributed by atoms with Crippen LogP contribution in [0.25, 0.3) is 0 Å². The third kappa shape index (κ3) is 2.96. The summed E-state index contributed by atoms with van der Waals surface area (Å²) in [5.41, 5.74) is 7.17. The van der Waals surface area contributed by atoms with Crippen LogP contribution in [0.15, 0.2) is 26.0 Å². The average molecular weight is 453 g/mol. The molecule has 1 heterocycles. The predicted molar refractivity (Wildman–Crippen MR) is 91.2 cm³/mol. The minimum Gasteiger partial charge on any atom is -0.399 e. The Bertz CT molecular complexity index is 773. The van der Waals surface area contributed by atoms with Gasteiger partial charge in [0.25, 0.3) is 10.0 Å². The molecule has 0 saturated heterocycles. The highest BCUT2D eigenvalue weighted by Crippen LogP contribution is 2.36. The van der Waals surface area contributed by atoms with Crippen LogP contribution in [0.4, 0.5) is 10.8 Å². The van der Waals surface area contributed by atoms with Gasteiger partial charge < -0.3 is 5.73 Å². The smallest absolute Gasteiger partial charge is 0.265 e. The van der Waals surface area contributed by atoms with E-state index in [1.54, 1.807) is 12.1 Å². The Labute approximate surface area is 143 Å². The lowest BCUT2D eigenvalue weighted by molar-refractivity contribution is 0.600. The zero-order valence-electron chi connectivity index (χ0n) is 10.7. The molecule has 0 amide bonds. The molecule has 0 saturated carbocycles. The van der Waals surface area contributed by atoms with Crippen molar-refractivity contribution in [2.75, 3.05) is 10.5 Å². The summed E-state index contributed by atoms with van der Waals surface area (Å²) >= 11 is 7.89. The summed E-state index contributed by atoms with van der Waals surface area (Å²) in [4.78, 5) is 5.64. The van der Waals surface area contributed by atoms with Crippen molar-refractivity contribution in [3.05, 3.63) is 31.6 Å². The van der Waals surface area contributed by atoms with E-state index in [0.717, 1.165) is 25.0 Å². The van der Waals surface area contributed by atoms with E-state index in [2.05, 4.69) is 41.6 Å². The second-order valence-electron chi connectivity index (χ2n) is 4.66. The van der Waals surface area contributed by atoms with Gasteiger partial charge in [0.1, 0.15) is 4.90 Å². The number of halogens is 2. The van der Waals surface area contributed by atoms with Crippen LogP contribution in [0, 0.1) is 0 Å². The molecule has 1 aromatic heterocycles. The number of aryl methyl sites for hydroxylation is 2. The van der Waals surface area contributed by atoms with Gasteiger partial charge in [-0.05, 0) is 63.3 Å². The van der Waals surface area contributed by atoms with Crippen molar-refractivity contribution in [2.24, 2.45) is 0 Å². The number of anilines is 2. The monoisotopic (exact) mass is 451 g/mol. The molecule has 3 N–H and O–H groups in total. The standard InChI is InChI=1S/C12H11Br2N3O2S2/c13-7-4-6(15)5-8(14)11(7)21(18,19)17-12-16-9-2-1-3-10(9)20-12/h4-5H,1-3,15H2,(H,16,17). The average Bonchev–Trinajstić information content (AvgIpc) is 2.86. The predicted octanol–water partition coefficient (Wildman–Crippen LogP) is 3.54. The van der Waals surface area contributed by atoms with Crippen LogP contribution in [-0.2, 0) is 22.9 Å². The van der Waals surface area contributed by atoms with Gasteiger partial charge in [-0.1, -0.05) is 0 Å². The van der Waals surface area contributed by atoms with Crippen molar-refractivity contribution >= 4 is 64.0 Å². The van der Waals surface area contributed by atoms with Crippen LogP contribution in [-0.4, -0.2) is 13.4 Å². The molecule has 0 atom stereocenters. The first-order chi connectivity index (χ1) is 9.87. The van der Waals surface area contributed by atoms with E-state index < -0.39 is 10.0 Å². The molecule has 1 aliphatic carbocycles. The number of fused-ring (bicyclic) bond motifs is 1. The third-order valence-electron chi connectivity index (χ3n) is 3.11. The molecular weight excluding hydrogens is 442 g/mol. The van der Waals surface area contributed by atoms with Gasteiger partial charge in [0.05, 0.1) is 5.69 Å². The maximum Gasteiger partial charge on any atom is 0.265 e. The van der Waals surface area contributed by atoms with Gasteiger partial charge in [-0.3, -0.25) is 4.72 Å². The molecule has 0 bridgehead atoms. The molecule has 2 aromatic rings. The van der Waals surface area contributed by atoms with Gasteiger partial charge in [-0.25, -0.2) is 13.4 Å². The summed E-state index contributed by atoms with van der Waals surface area (Å²) < 4.78 is 28.4. The number of rotatable bonds is 3. The number of nitrogens with one attached hydrogen (secondary N) is 1. The number of benzene rings is 1. The van der Waals surface area contributed by atoms with Gasteiger partial charge in [0.15, 0.2) is 5.13 Å². The van der Waals surface area contributed by atoms with Crippen molar-refractivity contribution in [3.8, 4) is 0 Å². The Morgan fingerprint density at radius 3 is 2.52 bits per heavy atom. The van der Waals surface area contributed by atoms with Crippen LogP contribution in [0.5, 0.6) is 0 Å². The second kappa shape index (κ2) is 5.53. The van der Waals surface area contributed by atoms with Gasteiger partial charge in [0, 0.05) is 19.5 Å². The number of nitrogens with two attached hydrogens (primary N) is 1. The highest BCUT2D eigenvalue weighted by Gasteiger charge is 2.25. The fraction of sp³-hybridized carbons (Fsp3) is 0.250. The molecule has 0 spiro atoms. The first-order valence-electron chi connectivity index (χ1n) is 6.13. The molecule has 0 aliphatic heterocycles. The Kier molecular flexibility index (Phi) is 4.02. The summed E-state index contributed by atoms with van der Waals surface area (Å²) in [5.74, 6) is 0. The number of aromatic nitrogens is 1. The molecule has 9 heteroatoms. The normalized spacial score (nSPS) is 14.2. The van der Waals surface area contributed by atoms with Crippen LogP contribution >= 0.6 is 43.2 Å². The largest absolute Gasteiger partial charge is 0.399 e. The molecule has 1 aliphatic rings. The van der Waals surface area contributed by atoms with Crippen LogP contribution in [0.1, 0.15) is 17.0 Å². The minimum atomic E-state index is -3.73. The highest BCUT2D eigenvalue weighted by atomic mass is 79.9. The first kappa shape index (κ1) is 15.3. The zero-order chi connectivity index (χ0) is 15.2. The maximum atomic E-state index is 12.5. The minimum absolute atomic E-state index is 0.118. The Balaban J connectivity index is 1.97. The molecule has 1 aromatic carbocycles. The number of thiazole rings is 1. The quantitative estimate of drug-likeness (QED) is 0.697. The highest BCUT2D eigenvalue weighted by molar-refractivity contribution is 9.11. The number of sulfonamides is 1. The summed E-state index contributed by atoms with van der Waals surface area (Å²) in [6, 6.07) is 3.11. The Morgan fingerprint density at radius 1 is 1.24 bits per heavy atom. The van der Waals surface area contributed by atoms with Crippen LogP contribution in [0.3, 0.4) is 0 Å². The van der Waals surface area contributed by atoms with Gasteiger partial charge in [0.2, 0.25) is 0 Å². The number of nitrogen functional groups attached to an aromatic ring is 1. The third-order valence-corrected chi connectivity index (χ3v) is 7.52. The van der Waals surface area contributed by atoms with Crippen LogP contribution in [0.2, 0.25) is 0 Å². The first-order valence-corrected chi connectivity index (χ1v) is 10.0. The lowest BCUT2D eigenvalue weighted by Crippen LogP contribution is -2.14. The van der Waals surface area contributed by atoms with E-state index in [1.165, 1.54) is 16.2 Å². The van der Waals surface area contributed by atoms with E-state index in [-0.39, 0.29) is 4.90 Å². The van der Waals surface area contributed by atoms with Crippen molar-refractivity contribution in [2.45, 2.75) is 24.2 Å². The van der Waals surface area contributed by atoms with Crippen molar-refractivity contribution in [1.29, 1.82) is 0 Å². The molecule has 3 rings (SSSR count). The topological polar surface area (TPSA) is 85.1 Å². The molecule has 21 heavy (non-hydrogen) atoms. The zero-order valence-corrected chi connectivity index (χ0v) is 15.5. The summed E-state index contributed by atoms with van der Waals surface area (Å²) in [7, 11) is -3.73. The number of hydrogen-bond donors (Lipinski definition) is 2. The van der Waals surface area contributed by atoms with Gasteiger partial charge >= 0.3 is 0 Å². The molecule has 5 nitrogen and oxygen atoms in total.